The first-order valence-corrected chi connectivity index (χ1v) is 7.57. The highest BCUT2D eigenvalue weighted by molar-refractivity contribution is 7.99. The van der Waals surface area contributed by atoms with Crippen LogP contribution in [0.3, 0.4) is 0 Å². The van der Waals surface area contributed by atoms with E-state index in [4.69, 9.17) is 16.7 Å². The van der Waals surface area contributed by atoms with Crippen molar-refractivity contribution in [2.45, 2.75) is 19.0 Å². The van der Waals surface area contributed by atoms with Crippen molar-refractivity contribution in [3.63, 3.8) is 0 Å². The normalized spacial score (nSPS) is 20.4. The lowest BCUT2D eigenvalue weighted by Gasteiger charge is -2.34. The van der Waals surface area contributed by atoms with Crippen molar-refractivity contribution < 1.29 is 14.3 Å². The standard InChI is InChI=1S/C13H15ClFNO2S/c14-10-2-1-9(12(15)5-10)7-16-3-4-19-8-11(16)6-13(17)18/h1-2,5,11H,3-4,6-8H2,(H,17,18). The van der Waals surface area contributed by atoms with Crippen molar-refractivity contribution >= 4 is 29.3 Å². The summed E-state index contributed by atoms with van der Waals surface area (Å²) >= 11 is 7.47. The van der Waals surface area contributed by atoms with Gasteiger partial charge in [-0.25, -0.2) is 4.39 Å². The van der Waals surface area contributed by atoms with Gasteiger partial charge in [-0.3, -0.25) is 9.69 Å². The van der Waals surface area contributed by atoms with Gasteiger partial charge in [-0.2, -0.15) is 11.8 Å². The number of aliphatic carboxylic acids is 1. The van der Waals surface area contributed by atoms with E-state index < -0.39 is 5.97 Å². The van der Waals surface area contributed by atoms with E-state index in [1.54, 1.807) is 23.9 Å². The number of halogens is 2. The Bertz CT molecular complexity index is 472. The van der Waals surface area contributed by atoms with E-state index in [2.05, 4.69) is 0 Å². The van der Waals surface area contributed by atoms with Gasteiger partial charge in [0.2, 0.25) is 0 Å². The van der Waals surface area contributed by atoms with Crippen LogP contribution in [0.4, 0.5) is 4.39 Å². The number of thioether (sulfide) groups is 1. The van der Waals surface area contributed by atoms with Crippen LogP contribution >= 0.6 is 23.4 Å². The molecule has 0 aromatic heterocycles. The largest absolute Gasteiger partial charge is 0.481 e. The topological polar surface area (TPSA) is 40.5 Å². The predicted octanol–water partition coefficient (Wildman–Crippen LogP) is 2.87. The Hall–Kier alpha value is -0.780. The van der Waals surface area contributed by atoms with Gasteiger partial charge in [-0.05, 0) is 12.1 Å². The molecular weight excluding hydrogens is 289 g/mol. The second-order valence-electron chi connectivity index (χ2n) is 4.53. The minimum atomic E-state index is -0.811. The van der Waals surface area contributed by atoms with Gasteiger partial charge in [0.05, 0.1) is 6.42 Å². The van der Waals surface area contributed by atoms with E-state index >= 15 is 0 Å². The third kappa shape index (κ3) is 4.09. The van der Waals surface area contributed by atoms with Crippen LogP contribution in [0.5, 0.6) is 0 Å². The van der Waals surface area contributed by atoms with Gasteiger partial charge in [0.1, 0.15) is 5.82 Å². The maximum absolute atomic E-state index is 13.8. The fraction of sp³-hybridized carbons (Fsp3) is 0.462. The van der Waals surface area contributed by atoms with Crippen LogP contribution < -0.4 is 0 Å². The highest BCUT2D eigenvalue weighted by Gasteiger charge is 2.25. The fourth-order valence-electron chi connectivity index (χ4n) is 2.16. The molecule has 0 spiro atoms. The number of hydrogen-bond acceptors (Lipinski definition) is 3. The van der Waals surface area contributed by atoms with Gasteiger partial charge in [0.25, 0.3) is 0 Å². The quantitative estimate of drug-likeness (QED) is 0.928. The maximum atomic E-state index is 13.8. The zero-order chi connectivity index (χ0) is 13.8. The molecule has 1 fully saturated rings. The van der Waals surface area contributed by atoms with Gasteiger partial charge < -0.3 is 5.11 Å². The molecule has 0 aliphatic carbocycles. The zero-order valence-corrected chi connectivity index (χ0v) is 11.9. The maximum Gasteiger partial charge on any atom is 0.304 e. The SMILES string of the molecule is O=C(O)CC1CSCCN1Cc1ccc(Cl)cc1F. The number of rotatable bonds is 4. The van der Waals surface area contributed by atoms with Crippen molar-refractivity contribution in [2.24, 2.45) is 0 Å². The third-order valence-electron chi connectivity index (χ3n) is 3.15. The van der Waals surface area contributed by atoms with Gasteiger partial charge >= 0.3 is 5.97 Å². The lowest BCUT2D eigenvalue weighted by Crippen LogP contribution is -2.43. The van der Waals surface area contributed by atoms with Gasteiger partial charge in [-0.15, -0.1) is 0 Å². The summed E-state index contributed by atoms with van der Waals surface area (Å²) < 4.78 is 13.8. The molecule has 0 radical (unpaired) electrons. The van der Waals surface area contributed by atoms with Crippen LogP contribution in [-0.2, 0) is 11.3 Å². The van der Waals surface area contributed by atoms with Crippen molar-refractivity contribution in [1.29, 1.82) is 0 Å². The van der Waals surface area contributed by atoms with Crippen molar-refractivity contribution in [3.05, 3.63) is 34.6 Å². The van der Waals surface area contributed by atoms with Crippen LogP contribution in [0.25, 0.3) is 0 Å². The second-order valence-corrected chi connectivity index (χ2v) is 6.12. The lowest BCUT2D eigenvalue weighted by molar-refractivity contribution is -0.138. The Morgan fingerprint density at radius 3 is 3.05 bits per heavy atom. The molecule has 1 aliphatic rings. The van der Waals surface area contributed by atoms with Crippen LogP contribution in [0, 0.1) is 5.82 Å². The van der Waals surface area contributed by atoms with E-state index in [0.717, 1.165) is 18.1 Å². The van der Waals surface area contributed by atoms with E-state index in [1.807, 2.05) is 4.90 Å². The summed E-state index contributed by atoms with van der Waals surface area (Å²) in [6.07, 6.45) is 0.0994. The highest BCUT2D eigenvalue weighted by Crippen LogP contribution is 2.23. The van der Waals surface area contributed by atoms with Crippen LogP contribution in [0.1, 0.15) is 12.0 Å². The summed E-state index contributed by atoms with van der Waals surface area (Å²) in [7, 11) is 0. The summed E-state index contributed by atoms with van der Waals surface area (Å²) in [6, 6.07) is 4.58. The van der Waals surface area contributed by atoms with Crippen LogP contribution in [-0.4, -0.2) is 40.1 Å². The molecule has 0 saturated carbocycles. The first-order valence-electron chi connectivity index (χ1n) is 6.04. The molecule has 1 unspecified atom stereocenters. The molecular formula is C13H15ClFNO2S. The Balaban J connectivity index is 2.08. The Labute approximate surface area is 120 Å². The molecule has 6 heteroatoms. The molecule has 3 nitrogen and oxygen atoms in total. The van der Waals surface area contributed by atoms with E-state index in [1.165, 1.54) is 6.07 Å². The summed E-state index contributed by atoms with van der Waals surface area (Å²) in [5.74, 6) is 0.584. The minimum Gasteiger partial charge on any atom is -0.481 e. The Morgan fingerprint density at radius 2 is 2.37 bits per heavy atom. The highest BCUT2D eigenvalue weighted by atomic mass is 35.5. The summed E-state index contributed by atoms with van der Waals surface area (Å²) in [4.78, 5) is 12.9. The van der Waals surface area contributed by atoms with E-state index in [0.29, 0.717) is 17.1 Å². The molecule has 2 rings (SSSR count). The number of carbonyl (C=O) groups is 1. The molecule has 0 amide bonds. The monoisotopic (exact) mass is 303 g/mol. The van der Waals surface area contributed by atoms with Crippen molar-refractivity contribution in [3.8, 4) is 0 Å². The number of carboxylic acid groups (broad SMARTS) is 1. The van der Waals surface area contributed by atoms with Crippen molar-refractivity contribution in [1.82, 2.24) is 4.90 Å². The summed E-state index contributed by atoms with van der Waals surface area (Å²) in [5, 5.41) is 9.29. The molecule has 1 aromatic carbocycles. The van der Waals surface area contributed by atoms with Gasteiger partial charge in [-0.1, -0.05) is 17.7 Å². The molecule has 1 aliphatic heterocycles. The van der Waals surface area contributed by atoms with Crippen LogP contribution in [0.15, 0.2) is 18.2 Å². The smallest absolute Gasteiger partial charge is 0.304 e. The summed E-state index contributed by atoms with van der Waals surface area (Å²) in [6.45, 7) is 1.21. The average Bonchev–Trinajstić information content (AvgIpc) is 2.34. The van der Waals surface area contributed by atoms with E-state index in [9.17, 15) is 9.18 Å². The molecule has 1 heterocycles. The van der Waals surface area contributed by atoms with Crippen LogP contribution in [0.2, 0.25) is 5.02 Å². The molecule has 0 bridgehead atoms. The molecule has 1 saturated heterocycles. The third-order valence-corrected chi connectivity index (χ3v) is 4.48. The number of nitrogens with zero attached hydrogens (tertiary/aromatic N) is 1. The molecule has 1 N–H and O–H groups in total. The van der Waals surface area contributed by atoms with Crippen molar-refractivity contribution in [2.75, 3.05) is 18.1 Å². The van der Waals surface area contributed by atoms with E-state index in [-0.39, 0.29) is 18.3 Å². The minimum absolute atomic E-state index is 0.0358. The first-order chi connectivity index (χ1) is 9.06. The Kier molecular flexibility index (Phi) is 5.07. The number of hydrogen-bond donors (Lipinski definition) is 1. The molecule has 19 heavy (non-hydrogen) atoms. The summed E-state index contributed by atoms with van der Waals surface area (Å²) in [5.41, 5.74) is 0.562. The van der Waals surface area contributed by atoms with Gasteiger partial charge in [0, 0.05) is 41.2 Å². The second kappa shape index (κ2) is 6.59. The predicted molar refractivity (Wildman–Crippen MR) is 75.2 cm³/mol. The first kappa shape index (κ1) is 14.6. The number of benzene rings is 1. The lowest BCUT2D eigenvalue weighted by atomic mass is 10.1. The zero-order valence-electron chi connectivity index (χ0n) is 10.3. The molecule has 1 aromatic rings. The Morgan fingerprint density at radius 1 is 1.58 bits per heavy atom. The number of carboxylic acids is 1. The van der Waals surface area contributed by atoms with Gasteiger partial charge in [0.15, 0.2) is 0 Å². The fourth-order valence-corrected chi connectivity index (χ4v) is 3.45. The molecule has 104 valence electrons. The average molecular weight is 304 g/mol. The molecule has 1 atom stereocenters.